The van der Waals surface area contributed by atoms with Gasteiger partial charge in [-0.1, -0.05) is 47.9 Å². The van der Waals surface area contributed by atoms with Crippen molar-refractivity contribution in [3.05, 3.63) is 76.6 Å². The second-order valence-corrected chi connectivity index (χ2v) is 14.8. The number of phenols is 1. The minimum Gasteiger partial charge on any atom is -0.508 e. The summed E-state index contributed by atoms with van der Waals surface area (Å²) in [6, 6.07) is 12.5. The standard InChI is InChI=1S/C35H42BN3O10/c1-18-15-39(16-19(2)49-36(39,48-18)20-10-7-6-8-11-20)17-37-33(45)27-30(42)28(38(4)5)23-14-22-26(31(43)35(23,47)32(27)44)29(41)25-21(34(22,3)46)12-9-13-24(25)40/h6-13,18-19,22-23,28,40-41,44,46-47H,14-17H2,1-5H3,(H,37,45)/t18-,19-,22-,23+,28-,34+,35+,36?,39?/m1/s1. The summed E-state index contributed by atoms with van der Waals surface area (Å²) in [5.41, 5.74) is -4.99. The zero-order valence-electron chi connectivity index (χ0n) is 28.1. The van der Waals surface area contributed by atoms with Crippen LogP contribution < -0.4 is 10.8 Å². The second-order valence-electron chi connectivity index (χ2n) is 14.8. The zero-order valence-corrected chi connectivity index (χ0v) is 28.1. The van der Waals surface area contributed by atoms with Crippen molar-refractivity contribution in [1.29, 1.82) is 0 Å². The van der Waals surface area contributed by atoms with Gasteiger partial charge in [-0.3, -0.25) is 19.3 Å². The maximum absolute atomic E-state index is 14.4. The number of fused-ring (bicyclic) bond motifs is 4. The fourth-order valence-corrected chi connectivity index (χ4v) is 9.60. The van der Waals surface area contributed by atoms with Crippen molar-refractivity contribution >= 4 is 35.4 Å². The Balaban J connectivity index is 1.30. The lowest BCUT2D eigenvalue weighted by molar-refractivity contribution is -0.824. The SMILES string of the molecule is C[C@@H]1C[N+]2(CNC(=O)C3=C(O)[C@@]4(O)C(=O)C5=C(O)c6c(O)cccc6[C@](C)(O)[C@@H]5C[C@H]4[C@@H](N(C)C)C3=O)C[C@@H](C)O[B-]2(c2ccccc2)O1. The van der Waals surface area contributed by atoms with Crippen LogP contribution in [0.25, 0.3) is 5.76 Å². The number of likely N-dealkylation sites (N-methyl/N-ethyl adjacent to an activating group) is 1. The largest absolute Gasteiger partial charge is 0.508 e. The highest BCUT2D eigenvalue weighted by atomic mass is 16.7. The van der Waals surface area contributed by atoms with Crippen molar-refractivity contribution in [2.45, 2.75) is 56.6 Å². The highest BCUT2D eigenvalue weighted by Gasteiger charge is 2.67. The number of hydrogen-bond donors (Lipinski definition) is 6. The maximum Gasteiger partial charge on any atom is 0.504 e. The van der Waals surface area contributed by atoms with Crippen LogP contribution in [-0.2, 0) is 29.3 Å². The number of carbonyl (C=O) groups excluding carboxylic acids is 3. The number of ketones is 2. The first-order valence-corrected chi connectivity index (χ1v) is 16.6. The van der Waals surface area contributed by atoms with Gasteiger partial charge in [-0.05, 0) is 52.9 Å². The van der Waals surface area contributed by atoms with Crippen LogP contribution in [0.15, 0.2) is 65.4 Å². The van der Waals surface area contributed by atoms with E-state index in [1.54, 1.807) is 14.1 Å². The Bertz CT molecular complexity index is 1830. The van der Waals surface area contributed by atoms with Crippen LogP contribution in [0.1, 0.15) is 38.3 Å². The van der Waals surface area contributed by atoms with Gasteiger partial charge in [0.1, 0.15) is 29.5 Å². The predicted molar refractivity (Wildman–Crippen MR) is 177 cm³/mol. The molecule has 7 atom stereocenters. The van der Waals surface area contributed by atoms with Gasteiger partial charge in [0.2, 0.25) is 5.78 Å². The van der Waals surface area contributed by atoms with Crippen LogP contribution in [0.5, 0.6) is 5.75 Å². The Labute approximate surface area is 283 Å². The molecule has 1 amide bonds. The molecule has 7 rings (SSSR count). The Kier molecular flexibility index (Phi) is 7.49. The van der Waals surface area contributed by atoms with Crippen molar-refractivity contribution in [2.24, 2.45) is 11.8 Å². The summed E-state index contributed by atoms with van der Waals surface area (Å²) in [5.74, 6) is -7.55. The quantitative estimate of drug-likeness (QED) is 0.194. The van der Waals surface area contributed by atoms with Gasteiger partial charge in [-0.2, -0.15) is 0 Å². The van der Waals surface area contributed by atoms with Crippen molar-refractivity contribution in [2.75, 3.05) is 33.9 Å². The lowest BCUT2D eigenvalue weighted by atomic mass is 9.54. The molecule has 0 spiro atoms. The summed E-state index contributed by atoms with van der Waals surface area (Å²) in [7, 11) is 3.11. The monoisotopic (exact) mass is 675 g/mol. The number of aromatic hydroxyl groups is 1. The Morgan fingerprint density at radius 3 is 2.24 bits per heavy atom. The molecule has 2 aliphatic heterocycles. The number of carbonyl (C=O) groups is 3. The third kappa shape index (κ3) is 4.38. The first kappa shape index (κ1) is 33.5. The van der Waals surface area contributed by atoms with E-state index >= 15 is 0 Å². The molecule has 0 aromatic heterocycles. The van der Waals surface area contributed by atoms with Gasteiger partial charge in [0.25, 0.3) is 5.91 Å². The summed E-state index contributed by atoms with van der Waals surface area (Å²) in [6.45, 7) is 4.10. The van der Waals surface area contributed by atoms with Gasteiger partial charge in [0.15, 0.2) is 11.4 Å². The molecule has 0 bridgehead atoms. The molecule has 0 radical (unpaired) electrons. The minimum atomic E-state index is -2.81. The fourth-order valence-electron chi connectivity index (χ4n) is 9.60. The molecule has 2 saturated heterocycles. The van der Waals surface area contributed by atoms with Crippen molar-refractivity contribution in [1.82, 2.24) is 10.2 Å². The summed E-state index contributed by atoms with van der Waals surface area (Å²) < 4.78 is 13.2. The second kappa shape index (κ2) is 11.0. The van der Waals surface area contributed by atoms with E-state index in [4.69, 9.17) is 9.31 Å². The average molecular weight is 676 g/mol. The van der Waals surface area contributed by atoms with E-state index in [1.165, 1.54) is 30.0 Å². The topological polar surface area (TPSA) is 186 Å². The van der Waals surface area contributed by atoms with Crippen molar-refractivity contribution in [3.63, 3.8) is 0 Å². The molecule has 49 heavy (non-hydrogen) atoms. The number of phenolic OH excluding ortho intramolecular Hbond substituents is 1. The van der Waals surface area contributed by atoms with Crippen LogP contribution in [0.2, 0.25) is 0 Å². The normalized spacial score (nSPS) is 38.3. The van der Waals surface area contributed by atoms with Gasteiger partial charge in [-0.25, -0.2) is 0 Å². The molecule has 260 valence electrons. The maximum atomic E-state index is 14.4. The fraction of sp³-hybridized carbons (Fsp3) is 0.457. The number of nitrogens with one attached hydrogen (secondary N) is 1. The van der Waals surface area contributed by atoms with Crippen LogP contribution >= 0.6 is 0 Å². The highest BCUT2D eigenvalue weighted by Crippen LogP contribution is 2.57. The summed E-state index contributed by atoms with van der Waals surface area (Å²) in [5, 5.41) is 60.6. The van der Waals surface area contributed by atoms with E-state index in [0.717, 1.165) is 5.46 Å². The van der Waals surface area contributed by atoms with E-state index in [1.807, 2.05) is 44.2 Å². The zero-order chi connectivity index (χ0) is 35.4. The third-order valence-corrected chi connectivity index (χ3v) is 11.6. The number of aliphatic hydroxyl groups excluding tert-OH is 2. The summed E-state index contributed by atoms with van der Waals surface area (Å²) in [4.78, 5) is 44.2. The highest BCUT2D eigenvalue weighted by molar-refractivity contribution is 6.75. The molecule has 2 aromatic carbocycles. The number of benzene rings is 2. The Hall–Kier alpha value is -4.05. The molecular formula is C35H42BN3O10. The minimum absolute atomic E-state index is 0.0398. The lowest BCUT2D eigenvalue weighted by Gasteiger charge is -2.53. The van der Waals surface area contributed by atoms with Gasteiger partial charge in [-0.15, -0.1) is 0 Å². The first-order chi connectivity index (χ1) is 23.0. The molecule has 14 heteroatoms. The number of amides is 1. The smallest absolute Gasteiger partial charge is 0.504 e. The molecule has 6 N–H and O–H groups in total. The van der Waals surface area contributed by atoms with E-state index in [2.05, 4.69) is 5.32 Å². The number of nitrogens with zero attached hydrogens (tertiary/aromatic N) is 2. The average Bonchev–Trinajstić information content (AvgIpc) is 3.46. The summed E-state index contributed by atoms with van der Waals surface area (Å²) >= 11 is 0. The van der Waals surface area contributed by atoms with Crippen LogP contribution in [0.4, 0.5) is 0 Å². The first-order valence-electron chi connectivity index (χ1n) is 16.6. The van der Waals surface area contributed by atoms with Crippen molar-refractivity contribution in [3.8, 4) is 5.75 Å². The number of rotatable bonds is 5. The summed E-state index contributed by atoms with van der Waals surface area (Å²) in [6.07, 6.45) is -0.664. The number of hydrogen-bond acceptors (Lipinski definition) is 11. The number of quaternary nitrogens is 1. The molecule has 0 unspecified atom stereocenters. The number of aliphatic hydroxyl groups is 4. The molecule has 3 aliphatic carbocycles. The van der Waals surface area contributed by atoms with Crippen LogP contribution in [0.3, 0.4) is 0 Å². The van der Waals surface area contributed by atoms with Gasteiger partial charge in [0.05, 0.1) is 42.5 Å². The third-order valence-electron chi connectivity index (χ3n) is 11.6. The molecule has 2 aromatic rings. The lowest BCUT2D eigenvalue weighted by Crippen LogP contribution is -2.72. The molecule has 2 heterocycles. The van der Waals surface area contributed by atoms with E-state index in [-0.39, 0.29) is 40.8 Å². The van der Waals surface area contributed by atoms with Crippen molar-refractivity contribution < 1.29 is 53.6 Å². The van der Waals surface area contributed by atoms with E-state index in [0.29, 0.717) is 13.1 Å². The molecule has 1 saturated carbocycles. The Morgan fingerprint density at radius 1 is 1.00 bits per heavy atom. The van der Waals surface area contributed by atoms with Crippen LogP contribution in [0, 0.1) is 11.8 Å². The predicted octanol–water partition coefficient (Wildman–Crippen LogP) is 0.718. The van der Waals surface area contributed by atoms with Crippen LogP contribution in [-0.4, -0.2) is 117 Å². The molecule has 5 aliphatic rings. The Morgan fingerprint density at radius 2 is 1.63 bits per heavy atom. The van der Waals surface area contributed by atoms with Gasteiger partial charge >= 0.3 is 6.69 Å². The molecule has 3 fully saturated rings. The molecular weight excluding hydrogens is 633 g/mol. The van der Waals surface area contributed by atoms with Gasteiger partial charge < -0.3 is 44.6 Å². The van der Waals surface area contributed by atoms with Gasteiger partial charge in [0, 0.05) is 17.4 Å². The van der Waals surface area contributed by atoms with E-state index in [9.17, 15) is 39.9 Å². The molecule has 13 nitrogen and oxygen atoms in total. The van der Waals surface area contributed by atoms with E-state index < -0.39 is 81.7 Å². The number of Topliss-reactive ketones (excluding diaryl/α,β-unsaturated/α-hetero) is 2.